The van der Waals surface area contributed by atoms with Gasteiger partial charge in [-0.15, -0.1) is 11.3 Å². The molecular formula is C20H18N6OS. The summed E-state index contributed by atoms with van der Waals surface area (Å²) < 4.78 is 6.94. The van der Waals surface area contributed by atoms with Crippen molar-refractivity contribution in [1.29, 1.82) is 0 Å². The number of anilines is 1. The normalized spacial score (nSPS) is 11.4. The summed E-state index contributed by atoms with van der Waals surface area (Å²) in [5, 5.41) is 11.5. The van der Waals surface area contributed by atoms with Crippen molar-refractivity contribution in [2.45, 2.75) is 6.54 Å². The van der Waals surface area contributed by atoms with Crippen LogP contribution in [0.3, 0.4) is 0 Å². The highest BCUT2D eigenvalue weighted by molar-refractivity contribution is 7.14. The fourth-order valence-corrected chi connectivity index (χ4v) is 3.29. The van der Waals surface area contributed by atoms with E-state index in [0.717, 1.165) is 33.4 Å². The van der Waals surface area contributed by atoms with Crippen LogP contribution in [0.1, 0.15) is 5.56 Å². The van der Waals surface area contributed by atoms with Crippen LogP contribution in [0.5, 0.6) is 5.75 Å². The van der Waals surface area contributed by atoms with E-state index in [1.165, 1.54) is 17.7 Å². The van der Waals surface area contributed by atoms with Crippen molar-refractivity contribution in [3.05, 3.63) is 78.2 Å². The molecule has 8 heteroatoms. The Morgan fingerprint density at radius 3 is 2.68 bits per heavy atom. The van der Waals surface area contributed by atoms with Gasteiger partial charge < -0.3 is 4.74 Å². The Labute approximate surface area is 166 Å². The van der Waals surface area contributed by atoms with Gasteiger partial charge in [0.05, 0.1) is 25.1 Å². The number of aromatic nitrogens is 4. The lowest BCUT2D eigenvalue weighted by Gasteiger charge is -2.07. The summed E-state index contributed by atoms with van der Waals surface area (Å²) in [6, 6.07) is 17.8. The van der Waals surface area contributed by atoms with Crippen molar-refractivity contribution in [2.24, 2.45) is 5.10 Å². The summed E-state index contributed by atoms with van der Waals surface area (Å²) in [6.45, 7) is 0.508. The molecule has 4 rings (SSSR count). The molecule has 0 aliphatic carbocycles. The monoisotopic (exact) mass is 390 g/mol. The number of nitrogens with one attached hydrogen (secondary N) is 1. The van der Waals surface area contributed by atoms with Crippen molar-refractivity contribution in [3.63, 3.8) is 0 Å². The highest BCUT2D eigenvalue weighted by atomic mass is 32.1. The number of hydrogen-bond donors (Lipinski definition) is 1. The van der Waals surface area contributed by atoms with Crippen molar-refractivity contribution in [1.82, 2.24) is 19.7 Å². The maximum Gasteiger partial charge on any atom is 0.203 e. The first kappa shape index (κ1) is 17.9. The minimum atomic E-state index is 0.508. The van der Waals surface area contributed by atoms with Crippen LogP contribution in [0, 0.1) is 0 Å². The highest BCUT2D eigenvalue weighted by Crippen LogP contribution is 2.26. The fraction of sp³-hybridized carbons (Fsp3) is 0.100. The molecule has 2 aromatic heterocycles. The molecule has 0 bridgehead atoms. The van der Waals surface area contributed by atoms with Gasteiger partial charge in [0.1, 0.15) is 18.4 Å². The van der Waals surface area contributed by atoms with E-state index in [1.807, 2.05) is 60.0 Å². The maximum atomic E-state index is 5.20. The third-order valence-electron chi connectivity index (χ3n) is 4.06. The fourth-order valence-electron chi connectivity index (χ4n) is 2.62. The van der Waals surface area contributed by atoms with Crippen LogP contribution in [-0.4, -0.2) is 32.6 Å². The molecular weight excluding hydrogens is 372 g/mol. The van der Waals surface area contributed by atoms with E-state index < -0.39 is 0 Å². The summed E-state index contributed by atoms with van der Waals surface area (Å²) >= 11 is 1.50. The number of hydrazone groups is 1. The number of ether oxygens (including phenoxy) is 1. The SMILES string of the molecule is COc1ccc(-c2csc(N/N=C(/Cn3cncn3)c3ccccc3)n2)cc1. The zero-order valence-corrected chi connectivity index (χ0v) is 16.0. The Morgan fingerprint density at radius 2 is 1.96 bits per heavy atom. The minimum Gasteiger partial charge on any atom is -0.497 e. The van der Waals surface area contributed by atoms with E-state index in [4.69, 9.17) is 4.74 Å². The predicted molar refractivity (Wildman–Crippen MR) is 111 cm³/mol. The molecule has 0 saturated heterocycles. The molecule has 28 heavy (non-hydrogen) atoms. The van der Waals surface area contributed by atoms with Gasteiger partial charge in [0.15, 0.2) is 0 Å². The maximum absolute atomic E-state index is 5.20. The van der Waals surface area contributed by atoms with E-state index >= 15 is 0 Å². The first-order valence-corrected chi connectivity index (χ1v) is 9.50. The standard InChI is InChI=1S/C20H18N6OS/c1-27-17-9-7-16(8-10-17)19-12-28-20(23-19)25-24-18(11-26-14-21-13-22-26)15-5-3-2-4-6-15/h2-10,12-14H,11H2,1H3,(H,23,25)/b24-18-. The van der Waals surface area contributed by atoms with Crippen LogP contribution in [0.25, 0.3) is 11.3 Å². The van der Waals surface area contributed by atoms with E-state index in [1.54, 1.807) is 18.1 Å². The van der Waals surface area contributed by atoms with Crippen LogP contribution in [0.4, 0.5) is 5.13 Å². The molecule has 2 heterocycles. The lowest BCUT2D eigenvalue weighted by molar-refractivity contribution is 0.415. The second-order valence-electron chi connectivity index (χ2n) is 5.90. The summed E-state index contributed by atoms with van der Waals surface area (Å²) in [5.74, 6) is 0.822. The third kappa shape index (κ3) is 4.24. The molecule has 0 unspecified atom stereocenters. The quantitative estimate of drug-likeness (QED) is 0.382. The Bertz CT molecular complexity index is 1040. The largest absolute Gasteiger partial charge is 0.497 e. The zero-order chi connectivity index (χ0) is 19.2. The molecule has 0 fully saturated rings. The molecule has 0 spiro atoms. The molecule has 0 aliphatic rings. The number of rotatable bonds is 7. The smallest absolute Gasteiger partial charge is 0.203 e. The van der Waals surface area contributed by atoms with Gasteiger partial charge >= 0.3 is 0 Å². The van der Waals surface area contributed by atoms with Gasteiger partial charge in [-0.1, -0.05) is 30.3 Å². The number of nitrogens with zero attached hydrogens (tertiary/aromatic N) is 5. The first-order valence-electron chi connectivity index (χ1n) is 8.62. The Balaban J connectivity index is 1.54. The van der Waals surface area contributed by atoms with Gasteiger partial charge in [-0.2, -0.15) is 10.2 Å². The molecule has 140 valence electrons. The lowest BCUT2D eigenvalue weighted by Crippen LogP contribution is -2.14. The molecule has 0 atom stereocenters. The molecule has 4 aromatic rings. The first-order chi connectivity index (χ1) is 13.8. The average molecular weight is 390 g/mol. The van der Waals surface area contributed by atoms with Gasteiger partial charge in [-0.05, 0) is 29.8 Å². The minimum absolute atomic E-state index is 0.508. The van der Waals surface area contributed by atoms with Gasteiger partial charge in [-0.25, -0.2) is 14.6 Å². The van der Waals surface area contributed by atoms with Crippen LogP contribution < -0.4 is 10.2 Å². The van der Waals surface area contributed by atoms with Crippen molar-refractivity contribution in [3.8, 4) is 17.0 Å². The zero-order valence-electron chi connectivity index (χ0n) is 15.2. The Kier molecular flexibility index (Phi) is 5.39. The number of methoxy groups -OCH3 is 1. The Hall–Kier alpha value is -3.52. The molecule has 0 radical (unpaired) electrons. The summed E-state index contributed by atoms with van der Waals surface area (Å²) in [5.41, 5.74) is 6.85. The molecule has 7 nitrogen and oxygen atoms in total. The van der Waals surface area contributed by atoms with E-state index in [2.05, 4.69) is 25.6 Å². The van der Waals surface area contributed by atoms with Crippen LogP contribution in [0.2, 0.25) is 0 Å². The van der Waals surface area contributed by atoms with Crippen LogP contribution in [0.15, 0.2) is 77.7 Å². The summed E-state index contributed by atoms with van der Waals surface area (Å²) in [4.78, 5) is 8.62. The van der Waals surface area contributed by atoms with E-state index in [0.29, 0.717) is 6.54 Å². The van der Waals surface area contributed by atoms with Crippen molar-refractivity contribution < 1.29 is 4.74 Å². The molecule has 0 amide bonds. The van der Waals surface area contributed by atoms with Crippen molar-refractivity contribution in [2.75, 3.05) is 12.5 Å². The molecule has 2 aromatic carbocycles. The van der Waals surface area contributed by atoms with E-state index in [9.17, 15) is 0 Å². The van der Waals surface area contributed by atoms with Gasteiger partial charge in [0, 0.05) is 10.9 Å². The summed E-state index contributed by atoms with van der Waals surface area (Å²) in [7, 11) is 1.65. The second-order valence-corrected chi connectivity index (χ2v) is 6.75. The molecule has 0 saturated carbocycles. The third-order valence-corrected chi connectivity index (χ3v) is 4.81. The number of benzene rings is 2. The predicted octanol–water partition coefficient (Wildman–Crippen LogP) is 3.93. The van der Waals surface area contributed by atoms with Gasteiger partial charge in [0.2, 0.25) is 5.13 Å². The van der Waals surface area contributed by atoms with Crippen LogP contribution in [-0.2, 0) is 6.54 Å². The number of thiazole rings is 1. The molecule has 0 aliphatic heterocycles. The average Bonchev–Trinajstić information content (AvgIpc) is 3.44. The summed E-state index contributed by atoms with van der Waals surface area (Å²) in [6.07, 6.45) is 3.18. The van der Waals surface area contributed by atoms with Crippen LogP contribution >= 0.6 is 11.3 Å². The van der Waals surface area contributed by atoms with Crippen molar-refractivity contribution >= 4 is 22.2 Å². The highest BCUT2D eigenvalue weighted by Gasteiger charge is 2.08. The lowest BCUT2D eigenvalue weighted by atomic mass is 10.1. The molecule has 1 N–H and O–H groups in total. The van der Waals surface area contributed by atoms with E-state index in [-0.39, 0.29) is 0 Å². The second kappa shape index (κ2) is 8.45. The van der Waals surface area contributed by atoms with Gasteiger partial charge in [-0.3, -0.25) is 5.43 Å². The van der Waals surface area contributed by atoms with Gasteiger partial charge in [0.25, 0.3) is 0 Å². The number of hydrogen-bond acceptors (Lipinski definition) is 7. The Morgan fingerprint density at radius 1 is 1.14 bits per heavy atom. The topological polar surface area (TPSA) is 77.2 Å².